The van der Waals surface area contributed by atoms with Crippen LogP contribution in [0.15, 0.2) is 54.1 Å². The lowest BCUT2D eigenvalue weighted by Crippen LogP contribution is -2.33. The van der Waals surface area contributed by atoms with E-state index in [0.717, 1.165) is 11.3 Å². The Hall–Kier alpha value is -3.39. The molecule has 3 rings (SSSR count). The van der Waals surface area contributed by atoms with Gasteiger partial charge in [0.15, 0.2) is 0 Å². The van der Waals surface area contributed by atoms with Gasteiger partial charge in [0.1, 0.15) is 11.6 Å². The van der Waals surface area contributed by atoms with E-state index in [0.29, 0.717) is 11.3 Å². The lowest BCUT2D eigenvalue weighted by atomic mass is 10.0. The first-order chi connectivity index (χ1) is 12.4. The molecule has 0 radical (unpaired) electrons. The minimum absolute atomic E-state index is 0.0822. The fourth-order valence-electron chi connectivity index (χ4n) is 3.05. The number of amides is 2. The summed E-state index contributed by atoms with van der Waals surface area (Å²) in [7, 11) is 0. The van der Waals surface area contributed by atoms with Crippen molar-refractivity contribution in [1.29, 1.82) is 5.26 Å². The first kappa shape index (κ1) is 17.4. The third-order valence-corrected chi connectivity index (χ3v) is 4.28. The van der Waals surface area contributed by atoms with E-state index in [4.69, 9.17) is 0 Å². The molecule has 0 saturated heterocycles. The second-order valence-corrected chi connectivity index (χ2v) is 6.47. The van der Waals surface area contributed by atoms with Crippen molar-refractivity contribution in [3.05, 3.63) is 65.2 Å². The van der Waals surface area contributed by atoms with Crippen molar-refractivity contribution in [1.82, 2.24) is 0 Å². The van der Waals surface area contributed by atoms with E-state index >= 15 is 0 Å². The topological polar surface area (TPSA) is 73.2 Å². The minimum Gasteiger partial charge on any atom is -0.321 e. The number of rotatable bonds is 3. The van der Waals surface area contributed by atoms with Gasteiger partial charge in [0.25, 0.3) is 11.8 Å². The van der Waals surface area contributed by atoms with Crippen LogP contribution in [0.2, 0.25) is 0 Å². The highest BCUT2D eigenvalue weighted by Crippen LogP contribution is 2.39. The van der Waals surface area contributed by atoms with Crippen LogP contribution in [0.3, 0.4) is 0 Å². The van der Waals surface area contributed by atoms with Crippen molar-refractivity contribution in [2.45, 2.75) is 26.8 Å². The molecule has 0 unspecified atom stereocenters. The van der Waals surface area contributed by atoms with Crippen molar-refractivity contribution in [2.75, 3.05) is 10.2 Å². The summed E-state index contributed by atoms with van der Waals surface area (Å²) in [6.45, 7) is 5.75. The molecule has 0 atom stereocenters. The highest BCUT2D eigenvalue weighted by molar-refractivity contribution is 6.38. The van der Waals surface area contributed by atoms with Crippen LogP contribution < -0.4 is 10.2 Å². The van der Waals surface area contributed by atoms with Crippen molar-refractivity contribution >= 4 is 28.8 Å². The van der Waals surface area contributed by atoms with E-state index in [1.165, 1.54) is 0 Å². The summed E-state index contributed by atoms with van der Waals surface area (Å²) >= 11 is 0. The molecule has 2 aromatic rings. The monoisotopic (exact) mass is 345 g/mol. The number of carbonyl (C=O) groups is 2. The van der Waals surface area contributed by atoms with Crippen molar-refractivity contribution in [3.8, 4) is 6.07 Å². The number of hydrogen-bond donors (Lipinski definition) is 1. The third kappa shape index (κ3) is 2.98. The van der Waals surface area contributed by atoms with Gasteiger partial charge in [-0.25, -0.2) is 0 Å². The molecule has 0 spiro atoms. The second-order valence-electron chi connectivity index (χ2n) is 6.47. The maximum absolute atomic E-state index is 12.9. The molecule has 2 aromatic carbocycles. The zero-order valence-corrected chi connectivity index (χ0v) is 14.9. The Labute approximate surface area is 152 Å². The Balaban J connectivity index is 2.06. The van der Waals surface area contributed by atoms with Crippen LogP contribution >= 0.6 is 0 Å². The maximum atomic E-state index is 12.9. The fourth-order valence-corrected chi connectivity index (χ4v) is 3.05. The predicted molar refractivity (Wildman–Crippen MR) is 101 cm³/mol. The van der Waals surface area contributed by atoms with E-state index in [-0.39, 0.29) is 23.1 Å². The lowest BCUT2D eigenvalue weighted by Gasteiger charge is -2.21. The molecule has 0 saturated carbocycles. The van der Waals surface area contributed by atoms with Crippen LogP contribution in [0.5, 0.6) is 0 Å². The summed E-state index contributed by atoms with van der Waals surface area (Å²) in [6.07, 6.45) is 0. The minimum atomic E-state index is -0.583. The largest absolute Gasteiger partial charge is 0.321 e. The highest BCUT2D eigenvalue weighted by Gasteiger charge is 2.37. The molecule has 0 fully saturated rings. The Morgan fingerprint density at radius 2 is 1.77 bits per heavy atom. The molecule has 1 heterocycles. The number of hydrogen-bond acceptors (Lipinski definition) is 3. The number of anilines is 2. The number of benzene rings is 2. The van der Waals surface area contributed by atoms with E-state index in [9.17, 15) is 14.9 Å². The summed E-state index contributed by atoms with van der Waals surface area (Å²) in [4.78, 5) is 27.2. The standard InChI is InChI=1S/C21H19N3O2/c1-13(2)24-18-7-5-4-6-16(18)19(21(24)26)17(12-22)20(25)23-15-10-8-14(3)9-11-15/h4-11,13H,1-3H3,(H,23,25)/b19-17+. The molecule has 1 N–H and O–H groups in total. The normalized spacial score (nSPS) is 14.9. The van der Waals surface area contributed by atoms with Gasteiger partial charge in [0, 0.05) is 17.3 Å². The number of nitrogens with zero attached hydrogens (tertiary/aromatic N) is 2. The molecule has 0 aromatic heterocycles. The van der Waals surface area contributed by atoms with Crippen LogP contribution in [-0.2, 0) is 9.59 Å². The number of nitrogens with one attached hydrogen (secondary N) is 1. The first-order valence-electron chi connectivity index (χ1n) is 8.39. The summed E-state index contributed by atoms with van der Waals surface area (Å²) < 4.78 is 0. The smallest absolute Gasteiger partial charge is 0.267 e. The highest BCUT2D eigenvalue weighted by atomic mass is 16.2. The number of aryl methyl sites for hydroxylation is 1. The van der Waals surface area contributed by atoms with Crippen LogP contribution in [0.25, 0.3) is 5.57 Å². The Bertz CT molecular complexity index is 950. The molecule has 1 aliphatic heterocycles. The van der Waals surface area contributed by atoms with Gasteiger partial charge in [0.2, 0.25) is 0 Å². The van der Waals surface area contributed by atoms with E-state index in [1.54, 1.807) is 29.2 Å². The van der Waals surface area contributed by atoms with Gasteiger partial charge in [-0.15, -0.1) is 0 Å². The van der Waals surface area contributed by atoms with Crippen LogP contribution in [0, 0.1) is 18.3 Å². The molecule has 0 aliphatic carbocycles. The average Bonchev–Trinajstić information content (AvgIpc) is 2.90. The molecular formula is C21H19N3O2. The summed E-state index contributed by atoms with van der Waals surface area (Å²) in [5.74, 6) is -0.906. The average molecular weight is 345 g/mol. The maximum Gasteiger partial charge on any atom is 0.267 e. The molecule has 5 nitrogen and oxygen atoms in total. The molecule has 26 heavy (non-hydrogen) atoms. The van der Waals surface area contributed by atoms with Crippen molar-refractivity contribution in [3.63, 3.8) is 0 Å². The first-order valence-corrected chi connectivity index (χ1v) is 8.39. The number of para-hydroxylation sites is 1. The van der Waals surface area contributed by atoms with Crippen LogP contribution in [-0.4, -0.2) is 17.9 Å². The van der Waals surface area contributed by atoms with Crippen molar-refractivity contribution < 1.29 is 9.59 Å². The lowest BCUT2D eigenvalue weighted by molar-refractivity contribution is -0.115. The van der Waals surface area contributed by atoms with Gasteiger partial charge < -0.3 is 10.2 Å². The van der Waals surface area contributed by atoms with Crippen LogP contribution in [0.1, 0.15) is 25.0 Å². The van der Waals surface area contributed by atoms with Gasteiger partial charge in [-0.05, 0) is 39.0 Å². The zero-order chi connectivity index (χ0) is 18.8. The SMILES string of the molecule is Cc1ccc(NC(=O)/C(C#N)=C2/C(=O)N(C(C)C)c3ccccc32)cc1. The Morgan fingerprint density at radius 3 is 2.38 bits per heavy atom. The van der Waals surface area contributed by atoms with Gasteiger partial charge in [-0.3, -0.25) is 9.59 Å². The fraction of sp³-hybridized carbons (Fsp3) is 0.190. The van der Waals surface area contributed by atoms with Gasteiger partial charge in [-0.1, -0.05) is 35.9 Å². The molecule has 1 aliphatic rings. The van der Waals surface area contributed by atoms with E-state index < -0.39 is 5.91 Å². The molecule has 5 heteroatoms. The quantitative estimate of drug-likeness (QED) is 0.681. The number of nitriles is 1. The van der Waals surface area contributed by atoms with E-state index in [1.807, 2.05) is 51.1 Å². The van der Waals surface area contributed by atoms with Gasteiger partial charge >= 0.3 is 0 Å². The Kier molecular flexibility index (Phi) is 4.59. The molecule has 130 valence electrons. The molecule has 2 amide bonds. The van der Waals surface area contributed by atoms with Crippen molar-refractivity contribution in [2.24, 2.45) is 0 Å². The van der Waals surface area contributed by atoms with E-state index in [2.05, 4.69) is 5.32 Å². The van der Waals surface area contributed by atoms with Crippen LogP contribution in [0.4, 0.5) is 11.4 Å². The summed E-state index contributed by atoms with van der Waals surface area (Å²) in [6, 6.07) is 16.3. The number of carbonyl (C=O) groups excluding carboxylic acids is 2. The van der Waals surface area contributed by atoms with Gasteiger partial charge in [0.05, 0.1) is 11.3 Å². The molecule has 0 bridgehead atoms. The second kappa shape index (κ2) is 6.85. The van der Waals surface area contributed by atoms with Gasteiger partial charge in [-0.2, -0.15) is 5.26 Å². The third-order valence-electron chi connectivity index (χ3n) is 4.28. The molecular weight excluding hydrogens is 326 g/mol. The Morgan fingerprint density at radius 1 is 1.12 bits per heavy atom. The number of fused-ring (bicyclic) bond motifs is 1. The summed E-state index contributed by atoms with van der Waals surface area (Å²) in [5, 5.41) is 12.3. The predicted octanol–water partition coefficient (Wildman–Crippen LogP) is 3.67. The summed E-state index contributed by atoms with van der Waals surface area (Å²) in [5.41, 5.74) is 2.95. The zero-order valence-electron chi connectivity index (χ0n) is 14.9.